The second kappa shape index (κ2) is 5.88. The third-order valence-electron chi connectivity index (χ3n) is 3.45. The molecule has 0 aliphatic carbocycles. The predicted molar refractivity (Wildman–Crippen MR) is 84.8 cm³/mol. The zero-order chi connectivity index (χ0) is 17.5. The molecule has 126 valence electrons. The summed E-state index contributed by atoms with van der Waals surface area (Å²) in [6.45, 7) is 7.36. The SMILES string of the molecule is COC1=C(Cl)C(OC(C)=O)N(c2cc(C(C)(C)C)n(C)n2)C1=O. The Hall–Kier alpha value is -2.02. The molecule has 1 amide bonds. The normalized spacial score (nSPS) is 18.7. The predicted octanol–water partition coefficient (Wildman–Crippen LogP) is 2.05. The van der Waals surface area contributed by atoms with Gasteiger partial charge in [0.15, 0.2) is 5.82 Å². The lowest BCUT2D eigenvalue weighted by Crippen LogP contribution is -2.38. The molecule has 0 spiro atoms. The fourth-order valence-electron chi connectivity index (χ4n) is 2.49. The Bertz CT molecular complexity index is 687. The van der Waals surface area contributed by atoms with Gasteiger partial charge in [-0.15, -0.1) is 0 Å². The highest BCUT2D eigenvalue weighted by Crippen LogP contribution is 2.35. The van der Waals surface area contributed by atoms with E-state index in [2.05, 4.69) is 5.10 Å². The fourth-order valence-corrected chi connectivity index (χ4v) is 2.79. The van der Waals surface area contributed by atoms with Crippen LogP contribution in [0.5, 0.6) is 0 Å². The summed E-state index contributed by atoms with van der Waals surface area (Å²) in [5.74, 6) is -0.766. The van der Waals surface area contributed by atoms with Gasteiger partial charge in [0.1, 0.15) is 5.03 Å². The number of hydrogen-bond donors (Lipinski definition) is 0. The maximum absolute atomic E-state index is 12.5. The van der Waals surface area contributed by atoms with Gasteiger partial charge in [0, 0.05) is 31.1 Å². The molecule has 0 saturated heterocycles. The molecular formula is C15H20ClN3O4. The molecule has 23 heavy (non-hydrogen) atoms. The summed E-state index contributed by atoms with van der Waals surface area (Å²) in [7, 11) is 3.13. The smallest absolute Gasteiger partial charge is 0.304 e. The number of nitrogens with zero attached hydrogens (tertiary/aromatic N) is 3. The molecular weight excluding hydrogens is 322 g/mol. The van der Waals surface area contributed by atoms with Crippen molar-refractivity contribution in [3.05, 3.63) is 22.6 Å². The molecule has 0 aromatic carbocycles. The van der Waals surface area contributed by atoms with Crippen molar-refractivity contribution in [3.8, 4) is 0 Å². The Balaban J connectivity index is 2.49. The monoisotopic (exact) mass is 341 g/mol. The van der Waals surface area contributed by atoms with E-state index in [1.54, 1.807) is 17.8 Å². The second-order valence-electron chi connectivity index (χ2n) is 6.28. The number of hydrogen-bond acceptors (Lipinski definition) is 5. The van der Waals surface area contributed by atoms with Crippen LogP contribution in [0.4, 0.5) is 5.82 Å². The summed E-state index contributed by atoms with van der Waals surface area (Å²) in [5.41, 5.74) is 0.755. The van der Waals surface area contributed by atoms with Crippen LogP contribution in [-0.4, -0.2) is 35.0 Å². The van der Waals surface area contributed by atoms with Gasteiger partial charge in [-0.3, -0.25) is 14.3 Å². The molecule has 7 nitrogen and oxygen atoms in total. The van der Waals surface area contributed by atoms with Gasteiger partial charge < -0.3 is 9.47 Å². The highest BCUT2D eigenvalue weighted by Gasteiger charge is 2.44. The van der Waals surface area contributed by atoms with Crippen molar-refractivity contribution in [1.29, 1.82) is 0 Å². The third-order valence-corrected chi connectivity index (χ3v) is 3.80. The number of methoxy groups -OCH3 is 1. The number of carbonyl (C=O) groups is 2. The van der Waals surface area contributed by atoms with E-state index >= 15 is 0 Å². The van der Waals surface area contributed by atoms with Crippen LogP contribution in [0.15, 0.2) is 16.9 Å². The van der Waals surface area contributed by atoms with E-state index in [-0.39, 0.29) is 16.2 Å². The molecule has 0 N–H and O–H groups in total. The molecule has 1 unspecified atom stereocenters. The molecule has 0 bridgehead atoms. The van der Waals surface area contributed by atoms with E-state index in [0.717, 1.165) is 5.69 Å². The third kappa shape index (κ3) is 3.06. The topological polar surface area (TPSA) is 73.7 Å². The maximum Gasteiger partial charge on any atom is 0.304 e. The number of carbonyl (C=O) groups excluding carboxylic acids is 2. The fraction of sp³-hybridized carbons (Fsp3) is 0.533. The lowest BCUT2D eigenvalue weighted by atomic mass is 9.92. The molecule has 0 saturated carbocycles. The van der Waals surface area contributed by atoms with Crippen LogP contribution in [0.3, 0.4) is 0 Å². The van der Waals surface area contributed by atoms with E-state index in [4.69, 9.17) is 21.1 Å². The van der Waals surface area contributed by atoms with Crippen LogP contribution in [0, 0.1) is 0 Å². The first-order chi connectivity index (χ1) is 10.6. The Kier molecular flexibility index (Phi) is 4.43. The lowest BCUT2D eigenvalue weighted by Gasteiger charge is -2.22. The van der Waals surface area contributed by atoms with Crippen molar-refractivity contribution in [2.75, 3.05) is 12.0 Å². The molecule has 0 fully saturated rings. The number of aryl methyl sites for hydroxylation is 1. The van der Waals surface area contributed by atoms with E-state index < -0.39 is 18.1 Å². The van der Waals surface area contributed by atoms with Gasteiger partial charge >= 0.3 is 5.97 Å². The van der Waals surface area contributed by atoms with Crippen LogP contribution >= 0.6 is 11.6 Å². The van der Waals surface area contributed by atoms with Gasteiger partial charge in [0.05, 0.1) is 7.11 Å². The van der Waals surface area contributed by atoms with Crippen molar-refractivity contribution in [1.82, 2.24) is 9.78 Å². The molecule has 1 aliphatic heterocycles. The van der Waals surface area contributed by atoms with Crippen molar-refractivity contribution in [3.63, 3.8) is 0 Å². The minimum atomic E-state index is -1.07. The largest absolute Gasteiger partial charge is 0.490 e. The minimum Gasteiger partial charge on any atom is -0.490 e. The van der Waals surface area contributed by atoms with Crippen LogP contribution in [0.25, 0.3) is 0 Å². The van der Waals surface area contributed by atoms with Crippen molar-refractivity contribution in [2.24, 2.45) is 7.05 Å². The molecule has 2 rings (SSSR count). The first-order valence-electron chi connectivity index (χ1n) is 7.07. The average molecular weight is 342 g/mol. The minimum absolute atomic E-state index is 0.0238. The van der Waals surface area contributed by atoms with Gasteiger partial charge in [-0.05, 0) is 0 Å². The van der Waals surface area contributed by atoms with Crippen LogP contribution in [-0.2, 0) is 31.5 Å². The number of amides is 1. The summed E-state index contributed by atoms with van der Waals surface area (Å²) in [6, 6.07) is 1.77. The molecule has 2 heterocycles. The quantitative estimate of drug-likeness (QED) is 0.787. The van der Waals surface area contributed by atoms with E-state index in [9.17, 15) is 9.59 Å². The van der Waals surface area contributed by atoms with Gasteiger partial charge in [0.2, 0.25) is 12.0 Å². The lowest BCUT2D eigenvalue weighted by molar-refractivity contribution is -0.144. The number of rotatable bonds is 3. The Morgan fingerprint density at radius 1 is 1.39 bits per heavy atom. The molecule has 0 radical (unpaired) electrons. The van der Waals surface area contributed by atoms with Crippen molar-refractivity contribution in [2.45, 2.75) is 39.3 Å². The standard InChI is InChI=1S/C15H20ClN3O4/c1-8(20)23-14-11(16)12(22-6)13(21)19(14)10-7-9(15(2,3)4)18(5)17-10/h7,14H,1-6H3. The van der Waals surface area contributed by atoms with E-state index in [1.165, 1.54) is 18.9 Å². The molecule has 8 heteroatoms. The van der Waals surface area contributed by atoms with Crippen LogP contribution < -0.4 is 4.90 Å². The van der Waals surface area contributed by atoms with Gasteiger partial charge in [-0.2, -0.15) is 5.10 Å². The molecule has 1 aromatic heterocycles. The first-order valence-corrected chi connectivity index (χ1v) is 7.44. The van der Waals surface area contributed by atoms with Crippen molar-refractivity contribution >= 4 is 29.3 Å². The number of aromatic nitrogens is 2. The maximum atomic E-state index is 12.5. The number of esters is 1. The van der Waals surface area contributed by atoms with E-state index in [1.807, 2.05) is 20.8 Å². The summed E-state index contributed by atoms with van der Waals surface area (Å²) in [4.78, 5) is 25.1. The van der Waals surface area contributed by atoms with Crippen LogP contribution in [0.1, 0.15) is 33.4 Å². The van der Waals surface area contributed by atoms with Gasteiger partial charge in [-0.25, -0.2) is 4.90 Å². The molecule has 1 aromatic rings. The van der Waals surface area contributed by atoms with Crippen molar-refractivity contribution < 1.29 is 19.1 Å². The highest BCUT2D eigenvalue weighted by molar-refractivity contribution is 6.35. The Morgan fingerprint density at radius 2 is 2.00 bits per heavy atom. The highest BCUT2D eigenvalue weighted by atomic mass is 35.5. The van der Waals surface area contributed by atoms with Gasteiger partial charge in [-0.1, -0.05) is 32.4 Å². The molecule has 1 atom stereocenters. The summed E-state index contributed by atoms with van der Waals surface area (Å²) >= 11 is 6.14. The molecule has 1 aliphatic rings. The number of ether oxygens (including phenoxy) is 2. The zero-order valence-electron chi connectivity index (χ0n) is 14.0. The van der Waals surface area contributed by atoms with Crippen LogP contribution in [0.2, 0.25) is 0 Å². The van der Waals surface area contributed by atoms with E-state index in [0.29, 0.717) is 5.82 Å². The average Bonchev–Trinajstić information content (AvgIpc) is 2.88. The Labute approximate surface area is 139 Å². The summed E-state index contributed by atoms with van der Waals surface area (Å²) in [6.07, 6.45) is -1.07. The summed E-state index contributed by atoms with van der Waals surface area (Å²) in [5, 5.41) is 4.38. The number of halogens is 1. The first kappa shape index (κ1) is 17.3. The van der Waals surface area contributed by atoms with Gasteiger partial charge in [0.25, 0.3) is 5.91 Å². The second-order valence-corrected chi connectivity index (χ2v) is 6.69. The Morgan fingerprint density at radius 3 is 2.43 bits per heavy atom. The summed E-state index contributed by atoms with van der Waals surface area (Å²) < 4.78 is 11.9. The zero-order valence-corrected chi connectivity index (χ0v) is 14.8. The number of anilines is 1.